The van der Waals surface area contributed by atoms with Crippen LogP contribution in [0.4, 0.5) is 10.1 Å². The first-order chi connectivity index (χ1) is 10.6. The lowest BCUT2D eigenvalue weighted by Crippen LogP contribution is -2.41. The third kappa shape index (κ3) is 2.85. The molecule has 4 nitrogen and oxygen atoms in total. The number of benzene rings is 2. The molecule has 22 heavy (non-hydrogen) atoms. The van der Waals surface area contributed by atoms with E-state index in [0.717, 1.165) is 5.56 Å². The Labute approximate surface area is 132 Å². The molecule has 0 aliphatic carbocycles. The van der Waals surface area contributed by atoms with E-state index in [9.17, 15) is 14.2 Å². The van der Waals surface area contributed by atoms with Crippen molar-refractivity contribution in [2.24, 2.45) is 0 Å². The summed E-state index contributed by atoms with van der Waals surface area (Å²) >= 11 is 5.67. The lowest BCUT2D eigenvalue weighted by atomic mass is 9.73. The van der Waals surface area contributed by atoms with Gasteiger partial charge in [-0.25, -0.2) is 4.39 Å². The highest BCUT2D eigenvalue weighted by atomic mass is 35.5. The summed E-state index contributed by atoms with van der Waals surface area (Å²) in [4.78, 5) is 12.1. The highest BCUT2D eigenvalue weighted by Gasteiger charge is 2.25. The standard InChI is InChI=1S/C15H12BClFNO3/c17-13-3-1-2-11(14(13)18)15(20)19-10-5-4-9-6-7-22-16(21)12(9)8-10/h1-5,8,21H,6-7H2,(H,19,20). The summed E-state index contributed by atoms with van der Waals surface area (Å²) in [6.07, 6.45) is 0.698. The van der Waals surface area contributed by atoms with Gasteiger partial charge in [0, 0.05) is 12.3 Å². The molecule has 1 aliphatic rings. The summed E-state index contributed by atoms with van der Waals surface area (Å²) in [7, 11) is -1.01. The molecule has 0 unspecified atom stereocenters. The van der Waals surface area contributed by atoms with Gasteiger partial charge in [0.1, 0.15) is 0 Å². The molecular weight excluding hydrogens is 307 g/mol. The van der Waals surface area contributed by atoms with E-state index in [4.69, 9.17) is 16.3 Å². The molecule has 0 fully saturated rings. The molecule has 0 atom stereocenters. The summed E-state index contributed by atoms with van der Waals surface area (Å²) in [5, 5.41) is 12.3. The van der Waals surface area contributed by atoms with Gasteiger partial charge in [0.05, 0.1) is 10.6 Å². The molecule has 2 N–H and O–H groups in total. The van der Waals surface area contributed by atoms with Gasteiger partial charge in [-0.3, -0.25) is 4.79 Å². The second-order valence-corrected chi connectivity index (χ2v) is 5.35. The van der Waals surface area contributed by atoms with Crippen LogP contribution in [0.2, 0.25) is 5.02 Å². The minimum Gasteiger partial charge on any atom is -0.423 e. The van der Waals surface area contributed by atoms with Crippen molar-refractivity contribution in [3.05, 3.63) is 58.4 Å². The lowest BCUT2D eigenvalue weighted by molar-refractivity contribution is 0.102. The molecule has 0 aromatic heterocycles. The molecule has 0 bridgehead atoms. The van der Waals surface area contributed by atoms with Crippen LogP contribution in [0.3, 0.4) is 0 Å². The van der Waals surface area contributed by atoms with Crippen LogP contribution in [-0.2, 0) is 11.1 Å². The Balaban J connectivity index is 1.85. The highest BCUT2D eigenvalue weighted by molar-refractivity contribution is 6.61. The van der Waals surface area contributed by atoms with Gasteiger partial charge < -0.3 is 15.0 Å². The molecule has 7 heteroatoms. The van der Waals surface area contributed by atoms with E-state index in [2.05, 4.69) is 5.32 Å². The van der Waals surface area contributed by atoms with E-state index < -0.39 is 18.8 Å². The first-order valence-electron chi connectivity index (χ1n) is 6.74. The van der Waals surface area contributed by atoms with E-state index in [0.29, 0.717) is 24.2 Å². The van der Waals surface area contributed by atoms with Crippen molar-refractivity contribution in [2.45, 2.75) is 6.42 Å². The van der Waals surface area contributed by atoms with Crippen molar-refractivity contribution >= 4 is 35.8 Å². The molecule has 1 heterocycles. The van der Waals surface area contributed by atoms with Crippen molar-refractivity contribution in [1.82, 2.24) is 0 Å². The average Bonchev–Trinajstić information content (AvgIpc) is 2.51. The molecular formula is C15H12BClFNO3. The maximum atomic E-state index is 13.8. The predicted molar refractivity (Wildman–Crippen MR) is 83.1 cm³/mol. The van der Waals surface area contributed by atoms with Crippen molar-refractivity contribution in [1.29, 1.82) is 0 Å². The first-order valence-corrected chi connectivity index (χ1v) is 7.12. The third-order valence-electron chi connectivity index (χ3n) is 3.51. The Bertz CT molecular complexity index is 741. The van der Waals surface area contributed by atoms with Crippen molar-refractivity contribution in [3.8, 4) is 0 Å². The number of rotatable bonds is 2. The monoisotopic (exact) mass is 319 g/mol. The number of anilines is 1. The Morgan fingerprint density at radius 2 is 2.18 bits per heavy atom. The molecule has 2 aromatic carbocycles. The molecule has 1 amide bonds. The van der Waals surface area contributed by atoms with Gasteiger partial charge in [0.25, 0.3) is 5.91 Å². The molecule has 0 radical (unpaired) electrons. The summed E-state index contributed by atoms with van der Waals surface area (Å²) < 4.78 is 19.0. The minimum absolute atomic E-state index is 0.109. The summed E-state index contributed by atoms with van der Waals surface area (Å²) in [5.74, 6) is -1.37. The largest absolute Gasteiger partial charge is 0.491 e. The first kappa shape index (κ1) is 15.0. The van der Waals surface area contributed by atoms with Gasteiger partial charge in [0.2, 0.25) is 0 Å². The van der Waals surface area contributed by atoms with Gasteiger partial charge in [-0.05, 0) is 41.7 Å². The van der Waals surface area contributed by atoms with Crippen LogP contribution in [0.1, 0.15) is 15.9 Å². The number of hydrogen-bond donors (Lipinski definition) is 2. The molecule has 3 rings (SSSR count). The zero-order chi connectivity index (χ0) is 15.7. The number of nitrogens with one attached hydrogen (secondary N) is 1. The average molecular weight is 320 g/mol. The van der Waals surface area contributed by atoms with E-state index in [-0.39, 0.29) is 10.6 Å². The highest BCUT2D eigenvalue weighted by Crippen LogP contribution is 2.19. The zero-order valence-electron chi connectivity index (χ0n) is 11.5. The van der Waals surface area contributed by atoms with E-state index in [1.165, 1.54) is 18.2 Å². The SMILES string of the molecule is O=C(Nc1ccc2c(c1)B(O)OCC2)c1cccc(Cl)c1F. The van der Waals surface area contributed by atoms with Crippen LogP contribution in [0.15, 0.2) is 36.4 Å². The zero-order valence-corrected chi connectivity index (χ0v) is 12.2. The third-order valence-corrected chi connectivity index (χ3v) is 3.81. The smallest absolute Gasteiger partial charge is 0.423 e. The summed E-state index contributed by atoms with van der Waals surface area (Å²) in [6.45, 7) is 0.452. The second kappa shape index (κ2) is 6.08. The van der Waals surface area contributed by atoms with Crippen LogP contribution < -0.4 is 10.8 Å². The second-order valence-electron chi connectivity index (χ2n) is 4.94. The molecule has 112 valence electrons. The van der Waals surface area contributed by atoms with Crippen molar-refractivity contribution in [3.63, 3.8) is 0 Å². The van der Waals surface area contributed by atoms with Gasteiger partial charge >= 0.3 is 7.12 Å². The molecule has 0 saturated heterocycles. The number of amides is 1. The molecule has 0 saturated carbocycles. The Morgan fingerprint density at radius 3 is 3.00 bits per heavy atom. The molecule has 0 spiro atoms. The van der Waals surface area contributed by atoms with Crippen molar-refractivity contribution < 1.29 is 18.9 Å². The normalized spacial score (nSPS) is 13.7. The number of carbonyl (C=O) groups excluding carboxylic acids is 1. The van der Waals surface area contributed by atoms with Gasteiger partial charge in [-0.1, -0.05) is 23.7 Å². The minimum atomic E-state index is -1.01. The predicted octanol–water partition coefficient (Wildman–Crippen LogP) is 1.99. The van der Waals surface area contributed by atoms with Crippen LogP contribution in [-0.4, -0.2) is 24.7 Å². The Hall–Kier alpha value is -1.89. The van der Waals surface area contributed by atoms with Crippen LogP contribution in [0.25, 0.3) is 0 Å². The lowest BCUT2D eigenvalue weighted by Gasteiger charge is -2.19. The van der Waals surface area contributed by atoms with E-state index >= 15 is 0 Å². The van der Waals surface area contributed by atoms with Gasteiger partial charge in [-0.2, -0.15) is 0 Å². The fraction of sp³-hybridized carbons (Fsp3) is 0.133. The fourth-order valence-electron chi connectivity index (χ4n) is 2.38. The van der Waals surface area contributed by atoms with E-state index in [1.807, 2.05) is 6.07 Å². The maximum absolute atomic E-state index is 13.8. The number of hydrogen-bond acceptors (Lipinski definition) is 3. The Kier molecular flexibility index (Phi) is 4.15. The van der Waals surface area contributed by atoms with Crippen LogP contribution >= 0.6 is 11.6 Å². The number of carbonyl (C=O) groups is 1. The summed E-state index contributed by atoms with van der Waals surface area (Å²) in [5.41, 5.74) is 1.89. The Morgan fingerprint density at radius 1 is 1.36 bits per heavy atom. The van der Waals surface area contributed by atoms with E-state index in [1.54, 1.807) is 12.1 Å². The van der Waals surface area contributed by atoms with Crippen molar-refractivity contribution in [2.75, 3.05) is 11.9 Å². The van der Waals surface area contributed by atoms with Crippen LogP contribution in [0, 0.1) is 5.82 Å². The molecule has 2 aromatic rings. The maximum Gasteiger partial charge on any atom is 0.491 e. The number of fused-ring (bicyclic) bond motifs is 1. The quantitative estimate of drug-likeness (QED) is 0.832. The number of halogens is 2. The van der Waals surface area contributed by atoms with Gasteiger partial charge in [0.15, 0.2) is 5.82 Å². The summed E-state index contributed by atoms with van der Waals surface area (Å²) in [6, 6.07) is 9.37. The topological polar surface area (TPSA) is 58.6 Å². The van der Waals surface area contributed by atoms with Gasteiger partial charge in [-0.15, -0.1) is 0 Å². The fourth-order valence-corrected chi connectivity index (χ4v) is 2.55. The molecule has 1 aliphatic heterocycles. The van der Waals surface area contributed by atoms with Crippen LogP contribution in [0.5, 0.6) is 0 Å².